The minimum atomic E-state index is -0.905. The molecule has 1 aliphatic rings. The van der Waals surface area contributed by atoms with Crippen molar-refractivity contribution in [3.05, 3.63) is 84.2 Å². The third-order valence-electron chi connectivity index (χ3n) is 4.64. The van der Waals surface area contributed by atoms with Crippen molar-refractivity contribution in [3.8, 4) is 0 Å². The monoisotopic (exact) mass is 325 g/mol. The second kappa shape index (κ2) is 6.48. The standard InChI is InChI=1S/C20H20FNO2/c1-3-20(17-9-11-18(21)12-10-17)13-14-22(19(23)24-20)15(2)16-7-5-4-6-8-16/h3-12,15H,1,13-14H2,2H3/t15-,20-/m0/s1. The van der Waals surface area contributed by atoms with Crippen molar-refractivity contribution < 1.29 is 13.9 Å². The van der Waals surface area contributed by atoms with Gasteiger partial charge >= 0.3 is 6.09 Å². The van der Waals surface area contributed by atoms with Crippen LogP contribution < -0.4 is 0 Å². The summed E-state index contributed by atoms with van der Waals surface area (Å²) in [4.78, 5) is 14.3. The Labute approximate surface area is 141 Å². The number of benzene rings is 2. The van der Waals surface area contributed by atoms with E-state index in [4.69, 9.17) is 4.74 Å². The number of hydrogen-bond acceptors (Lipinski definition) is 2. The van der Waals surface area contributed by atoms with E-state index in [1.165, 1.54) is 12.1 Å². The summed E-state index contributed by atoms with van der Waals surface area (Å²) in [6.45, 7) is 6.35. The first kappa shape index (κ1) is 16.2. The van der Waals surface area contributed by atoms with Gasteiger partial charge in [-0.3, -0.25) is 0 Å². The van der Waals surface area contributed by atoms with Crippen LogP contribution in [0.25, 0.3) is 0 Å². The molecule has 0 saturated carbocycles. The van der Waals surface area contributed by atoms with Crippen LogP contribution in [0.4, 0.5) is 9.18 Å². The number of hydrogen-bond donors (Lipinski definition) is 0. The van der Waals surface area contributed by atoms with Crippen LogP contribution >= 0.6 is 0 Å². The molecule has 0 unspecified atom stereocenters. The van der Waals surface area contributed by atoms with E-state index < -0.39 is 5.60 Å². The molecule has 1 aliphatic heterocycles. The fourth-order valence-corrected chi connectivity index (χ4v) is 3.10. The predicted octanol–water partition coefficient (Wildman–Crippen LogP) is 4.81. The maximum atomic E-state index is 13.2. The van der Waals surface area contributed by atoms with E-state index in [2.05, 4.69) is 6.58 Å². The van der Waals surface area contributed by atoms with Gasteiger partial charge in [-0.25, -0.2) is 9.18 Å². The lowest BCUT2D eigenvalue weighted by molar-refractivity contribution is -0.0313. The van der Waals surface area contributed by atoms with Crippen LogP contribution in [0.3, 0.4) is 0 Å². The Morgan fingerprint density at radius 2 is 1.88 bits per heavy atom. The molecule has 0 aromatic heterocycles. The summed E-state index contributed by atoms with van der Waals surface area (Å²) in [5.74, 6) is -0.320. The second-order valence-electron chi connectivity index (χ2n) is 6.00. The molecule has 1 fully saturated rings. The molecule has 124 valence electrons. The van der Waals surface area contributed by atoms with Gasteiger partial charge in [0.1, 0.15) is 5.82 Å². The molecule has 2 aromatic rings. The number of amides is 1. The Hall–Kier alpha value is -2.62. The van der Waals surface area contributed by atoms with E-state index in [1.807, 2.05) is 37.3 Å². The molecule has 0 radical (unpaired) electrons. The van der Waals surface area contributed by atoms with E-state index in [1.54, 1.807) is 23.1 Å². The molecular weight excluding hydrogens is 305 g/mol. The molecule has 3 nitrogen and oxygen atoms in total. The highest BCUT2D eigenvalue weighted by Gasteiger charge is 2.41. The highest BCUT2D eigenvalue weighted by atomic mass is 19.1. The van der Waals surface area contributed by atoms with Crippen molar-refractivity contribution in [2.24, 2.45) is 0 Å². The number of cyclic esters (lactones) is 1. The molecule has 2 atom stereocenters. The summed E-state index contributed by atoms with van der Waals surface area (Å²) >= 11 is 0. The fraction of sp³-hybridized carbons (Fsp3) is 0.250. The number of halogens is 1. The molecule has 1 amide bonds. The Balaban J connectivity index is 1.82. The van der Waals surface area contributed by atoms with Gasteiger partial charge in [0.05, 0.1) is 6.04 Å². The van der Waals surface area contributed by atoms with Crippen LogP contribution in [-0.2, 0) is 10.3 Å². The number of carbonyl (C=O) groups is 1. The Morgan fingerprint density at radius 3 is 2.46 bits per heavy atom. The second-order valence-corrected chi connectivity index (χ2v) is 6.00. The molecule has 3 rings (SSSR count). The van der Waals surface area contributed by atoms with Crippen molar-refractivity contribution in [3.63, 3.8) is 0 Å². The van der Waals surface area contributed by atoms with Gasteiger partial charge in [-0.15, -0.1) is 0 Å². The summed E-state index contributed by atoms with van der Waals surface area (Å²) in [5.41, 5.74) is 0.888. The van der Waals surface area contributed by atoms with Crippen molar-refractivity contribution >= 4 is 6.09 Å². The number of nitrogens with zero attached hydrogens (tertiary/aromatic N) is 1. The lowest BCUT2D eigenvalue weighted by atomic mass is 9.88. The zero-order valence-corrected chi connectivity index (χ0v) is 13.6. The Bertz CT molecular complexity index is 729. The van der Waals surface area contributed by atoms with Crippen molar-refractivity contribution in [1.82, 2.24) is 4.90 Å². The summed E-state index contributed by atoms with van der Waals surface area (Å²) < 4.78 is 18.9. The zero-order chi connectivity index (χ0) is 17.2. The van der Waals surface area contributed by atoms with E-state index in [-0.39, 0.29) is 18.0 Å². The van der Waals surface area contributed by atoms with E-state index in [0.717, 1.165) is 11.1 Å². The largest absolute Gasteiger partial charge is 0.434 e. The highest BCUT2D eigenvalue weighted by Crippen LogP contribution is 2.37. The van der Waals surface area contributed by atoms with Gasteiger partial charge in [-0.05, 0) is 36.3 Å². The number of ether oxygens (including phenoxy) is 1. The van der Waals surface area contributed by atoms with Gasteiger partial charge in [0, 0.05) is 13.0 Å². The lowest BCUT2D eigenvalue weighted by Crippen LogP contribution is -2.47. The van der Waals surface area contributed by atoms with Crippen LogP contribution in [-0.4, -0.2) is 17.5 Å². The normalized spacial score (nSPS) is 21.9. The van der Waals surface area contributed by atoms with Gasteiger partial charge in [0.2, 0.25) is 0 Å². The van der Waals surface area contributed by atoms with Gasteiger partial charge in [0.15, 0.2) is 5.60 Å². The smallest absolute Gasteiger partial charge is 0.411 e. The van der Waals surface area contributed by atoms with Gasteiger partial charge in [-0.2, -0.15) is 0 Å². The van der Waals surface area contributed by atoms with Crippen LogP contribution in [0.15, 0.2) is 67.3 Å². The summed E-state index contributed by atoms with van der Waals surface area (Å²) in [6.07, 6.45) is 1.81. The fourth-order valence-electron chi connectivity index (χ4n) is 3.10. The molecule has 0 N–H and O–H groups in total. The average molecular weight is 325 g/mol. The Kier molecular flexibility index (Phi) is 4.38. The van der Waals surface area contributed by atoms with Crippen LogP contribution in [0.2, 0.25) is 0 Å². The molecule has 0 bridgehead atoms. The molecule has 0 spiro atoms. The quantitative estimate of drug-likeness (QED) is 0.755. The van der Waals surface area contributed by atoms with E-state index in [0.29, 0.717) is 13.0 Å². The van der Waals surface area contributed by atoms with Crippen molar-refractivity contribution in [2.75, 3.05) is 6.54 Å². The molecule has 24 heavy (non-hydrogen) atoms. The third kappa shape index (κ3) is 2.92. The maximum Gasteiger partial charge on any atom is 0.411 e. The van der Waals surface area contributed by atoms with Crippen LogP contribution in [0.1, 0.15) is 30.5 Å². The van der Waals surface area contributed by atoms with Crippen LogP contribution in [0.5, 0.6) is 0 Å². The Morgan fingerprint density at radius 1 is 1.21 bits per heavy atom. The minimum Gasteiger partial charge on any atom is -0.434 e. The first-order valence-corrected chi connectivity index (χ1v) is 8.00. The van der Waals surface area contributed by atoms with Gasteiger partial charge in [0.25, 0.3) is 0 Å². The summed E-state index contributed by atoms with van der Waals surface area (Å²) in [6, 6.07) is 15.8. The first-order chi connectivity index (χ1) is 11.6. The van der Waals surface area contributed by atoms with E-state index in [9.17, 15) is 9.18 Å². The molecule has 4 heteroatoms. The highest BCUT2D eigenvalue weighted by molar-refractivity contribution is 5.70. The number of carbonyl (C=O) groups excluding carboxylic acids is 1. The van der Waals surface area contributed by atoms with E-state index >= 15 is 0 Å². The third-order valence-corrected chi connectivity index (χ3v) is 4.64. The maximum absolute atomic E-state index is 13.2. The lowest BCUT2D eigenvalue weighted by Gasteiger charge is -2.42. The minimum absolute atomic E-state index is 0.0743. The summed E-state index contributed by atoms with van der Waals surface area (Å²) in [7, 11) is 0. The molecular formula is C20H20FNO2. The molecule has 2 aromatic carbocycles. The predicted molar refractivity (Wildman–Crippen MR) is 90.9 cm³/mol. The molecule has 0 aliphatic carbocycles. The van der Waals surface area contributed by atoms with Crippen LogP contribution in [0, 0.1) is 5.82 Å². The molecule has 1 saturated heterocycles. The first-order valence-electron chi connectivity index (χ1n) is 8.00. The van der Waals surface area contributed by atoms with Gasteiger partial charge < -0.3 is 9.64 Å². The topological polar surface area (TPSA) is 29.5 Å². The summed E-state index contributed by atoms with van der Waals surface area (Å²) in [5, 5.41) is 0. The zero-order valence-electron chi connectivity index (χ0n) is 13.6. The van der Waals surface area contributed by atoms with Crippen molar-refractivity contribution in [2.45, 2.75) is 25.0 Å². The SMILES string of the molecule is C=C[C@@]1(c2ccc(F)cc2)CCN([C@@H](C)c2ccccc2)C(=O)O1. The van der Waals surface area contributed by atoms with Gasteiger partial charge in [-0.1, -0.05) is 49.0 Å². The van der Waals surface area contributed by atoms with Crippen molar-refractivity contribution in [1.29, 1.82) is 0 Å². The number of rotatable bonds is 4. The average Bonchev–Trinajstić information content (AvgIpc) is 2.62. The molecule has 1 heterocycles.